The molecule has 2 radical (unpaired) electrons. The Morgan fingerprint density at radius 2 is 1.56 bits per heavy atom. The first kappa shape index (κ1) is 26.3. The molecule has 0 bridgehead atoms. The fourth-order valence-corrected chi connectivity index (χ4v) is 4.09. The van der Waals surface area contributed by atoms with Gasteiger partial charge in [0, 0.05) is 64.7 Å². The number of rotatable bonds is 1. The molecule has 5 heteroatoms. The van der Waals surface area contributed by atoms with E-state index in [1.807, 2.05) is 72.9 Å². The summed E-state index contributed by atoms with van der Waals surface area (Å²) in [5, 5.41) is 3.46. The van der Waals surface area contributed by atoms with Gasteiger partial charge < -0.3 is 14.7 Å². The Kier molecular flexibility index (Phi) is 8.77. The Morgan fingerprint density at radius 1 is 0.750 bits per heavy atom. The summed E-state index contributed by atoms with van der Waals surface area (Å²) in [6.07, 6.45) is 4.89. The van der Waals surface area contributed by atoms with Crippen LogP contribution in [0.15, 0.2) is 97.2 Å². The van der Waals surface area contributed by atoms with Crippen LogP contribution in [0, 0.1) is 24.4 Å². The van der Waals surface area contributed by atoms with E-state index in [1.54, 1.807) is 0 Å². The van der Waals surface area contributed by atoms with Gasteiger partial charge in [0.2, 0.25) is 0 Å². The van der Waals surface area contributed by atoms with E-state index < -0.39 is 0 Å². The van der Waals surface area contributed by atoms with E-state index in [1.165, 1.54) is 10.8 Å². The number of aromatic nitrogens is 2. The van der Waals surface area contributed by atoms with E-state index in [2.05, 4.69) is 58.6 Å². The Balaban J connectivity index is 0.000000169. The van der Waals surface area contributed by atoms with Crippen LogP contribution in [0.3, 0.4) is 0 Å². The van der Waals surface area contributed by atoms with Gasteiger partial charge in [0.15, 0.2) is 0 Å². The third-order valence-corrected chi connectivity index (χ3v) is 5.77. The number of benzene rings is 4. The maximum atomic E-state index is 5.80. The molecule has 0 unspecified atom stereocenters. The molecule has 1 aliphatic rings. The average molecular weight is 716 g/mol. The molecule has 7 rings (SSSR count). The normalized spacial score (nSPS) is 11.0. The SMILES string of the molecule is [Ir].[Y].[c-]1cccc2ccc3cccnc3c12.[c-]1ccccc1-c1[c-]nc2c(c1)OCc1ccc[c-]c1-2. The van der Waals surface area contributed by atoms with Gasteiger partial charge in [0.25, 0.3) is 0 Å². The van der Waals surface area contributed by atoms with Crippen molar-refractivity contribution < 1.29 is 57.6 Å². The standard InChI is InChI=1S/C18H10NO.C13H8N.Ir.Y/c1-2-6-13(7-3-1)15-10-17-18(19-11-15)16-9-5-4-8-14(16)12-20-17;1-2-6-12-10(4-1)7-8-11-5-3-9-14-13(11)12;;/h1-6,8,10H,12H2;1-5,7-9H;;/q-3;-1;;. The topological polar surface area (TPSA) is 35.0 Å². The molecular formula is C31H18IrN2OY-4. The second-order valence-electron chi connectivity index (χ2n) is 7.90. The van der Waals surface area contributed by atoms with Crippen LogP contribution in [-0.2, 0) is 59.4 Å². The molecule has 0 amide bonds. The van der Waals surface area contributed by atoms with Crippen LogP contribution >= 0.6 is 0 Å². The van der Waals surface area contributed by atoms with Crippen LogP contribution in [0.25, 0.3) is 44.1 Å². The Hall–Kier alpha value is -2.75. The van der Waals surface area contributed by atoms with Gasteiger partial charge >= 0.3 is 0 Å². The summed E-state index contributed by atoms with van der Waals surface area (Å²) < 4.78 is 5.80. The fourth-order valence-electron chi connectivity index (χ4n) is 4.09. The zero-order chi connectivity index (χ0) is 22.7. The van der Waals surface area contributed by atoms with Gasteiger partial charge in [-0.2, -0.15) is 24.3 Å². The first-order valence-corrected chi connectivity index (χ1v) is 11.0. The summed E-state index contributed by atoms with van der Waals surface area (Å²) >= 11 is 0. The van der Waals surface area contributed by atoms with Gasteiger partial charge in [-0.25, -0.2) is 11.1 Å². The second kappa shape index (κ2) is 12.0. The summed E-state index contributed by atoms with van der Waals surface area (Å²) in [6, 6.07) is 39.5. The molecule has 0 saturated carbocycles. The molecule has 0 fully saturated rings. The molecule has 36 heavy (non-hydrogen) atoms. The first-order chi connectivity index (χ1) is 16.9. The van der Waals surface area contributed by atoms with Crippen molar-refractivity contribution in [1.82, 2.24) is 9.97 Å². The van der Waals surface area contributed by atoms with Crippen LogP contribution in [0.5, 0.6) is 5.75 Å². The molecule has 2 aromatic heterocycles. The van der Waals surface area contributed by atoms with Crippen molar-refractivity contribution in [2.45, 2.75) is 6.61 Å². The predicted molar refractivity (Wildman–Crippen MR) is 134 cm³/mol. The van der Waals surface area contributed by atoms with Crippen LogP contribution < -0.4 is 4.74 Å². The van der Waals surface area contributed by atoms with Crippen molar-refractivity contribution in [3.8, 4) is 28.1 Å². The zero-order valence-corrected chi connectivity index (χ0v) is 24.4. The van der Waals surface area contributed by atoms with Crippen LogP contribution in [0.2, 0.25) is 0 Å². The van der Waals surface area contributed by atoms with E-state index in [4.69, 9.17) is 4.74 Å². The Morgan fingerprint density at radius 3 is 2.44 bits per heavy atom. The van der Waals surface area contributed by atoms with Gasteiger partial charge in [-0.05, 0) is 17.0 Å². The van der Waals surface area contributed by atoms with Crippen LogP contribution in [0.1, 0.15) is 5.56 Å². The zero-order valence-electron chi connectivity index (χ0n) is 19.2. The number of hydrogen-bond donors (Lipinski definition) is 0. The predicted octanol–water partition coefficient (Wildman–Crippen LogP) is 6.89. The van der Waals surface area contributed by atoms with E-state index in [-0.39, 0.29) is 52.8 Å². The molecule has 6 aromatic rings. The van der Waals surface area contributed by atoms with Gasteiger partial charge in [-0.3, -0.25) is 0 Å². The molecule has 3 nitrogen and oxygen atoms in total. The number of pyridine rings is 2. The smallest absolute Gasteiger partial charge is 0.0781 e. The summed E-state index contributed by atoms with van der Waals surface area (Å²) in [5.74, 6) is 0.783. The summed E-state index contributed by atoms with van der Waals surface area (Å²) in [6.45, 7) is 0.559. The van der Waals surface area contributed by atoms with Gasteiger partial charge in [0.1, 0.15) is 0 Å². The number of fused-ring (bicyclic) bond motifs is 6. The van der Waals surface area contributed by atoms with Crippen molar-refractivity contribution in [1.29, 1.82) is 0 Å². The molecule has 4 aromatic carbocycles. The number of nitrogens with zero attached hydrogens (tertiary/aromatic N) is 2. The molecule has 0 saturated heterocycles. The van der Waals surface area contributed by atoms with Crippen molar-refractivity contribution >= 4 is 21.7 Å². The van der Waals surface area contributed by atoms with E-state index in [9.17, 15) is 0 Å². The van der Waals surface area contributed by atoms with Gasteiger partial charge in [-0.1, -0.05) is 30.0 Å². The maximum Gasteiger partial charge on any atom is 0.0781 e. The van der Waals surface area contributed by atoms with Gasteiger partial charge in [0.05, 0.1) is 12.4 Å². The molecule has 1 aliphatic heterocycles. The minimum absolute atomic E-state index is 0. The Bertz CT molecular complexity index is 1570. The van der Waals surface area contributed by atoms with E-state index in [0.717, 1.165) is 44.6 Å². The largest absolute Gasteiger partial charge is 0.516 e. The van der Waals surface area contributed by atoms with Crippen LogP contribution in [0.4, 0.5) is 0 Å². The minimum atomic E-state index is 0. The quantitative estimate of drug-likeness (QED) is 0.138. The number of hydrogen-bond acceptors (Lipinski definition) is 3. The van der Waals surface area contributed by atoms with Crippen molar-refractivity contribution in [2.24, 2.45) is 0 Å². The maximum absolute atomic E-state index is 5.80. The molecular weight excluding hydrogens is 697 g/mol. The molecule has 3 heterocycles. The monoisotopic (exact) mass is 716 g/mol. The summed E-state index contributed by atoms with van der Waals surface area (Å²) in [7, 11) is 0. The van der Waals surface area contributed by atoms with Crippen LogP contribution in [-0.4, -0.2) is 9.97 Å². The molecule has 0 aliphatic carbocycles. The number of ether oxygens (including phenoxy) is 1. The Labute approximate surface area is 249 Å². The molecule has 0 atom stereocenters. The summed E-state index contributed by atoms with van der Waals surface area (Å²) in [5.41, 5.74) is 5.82. The molecule has 174 valence electrons. The van der Waals surface area contributed by atoms with Crippen molar-refractivity contribution in [2.75, 3.05) is 0 Å². The first-order valence-electron chi connectivity index (χ1n) is 11.0. The molecule has 0 N–H and O–H groups in total. The summed E-state index contributed by atoms with van der Waals surface area (Å²) in [4.78, 5) is 8.81. The fraction of sp³-hybridized carbons (Fsp3) is 0.0323. The molecule has 0 spiro atoms. The van der Waals surface area contributed by atoms with E-state index in [0.29, 0.717) is 6.61 Å². The van der Waals surface area contributed by atoms with Crippen molar-refractivity contribution in [3.63, 3.8) is 0 Å². The van der Waals surface area contributed by atoms with Gasteiger partial charge in [-0.15, -0.1) is 77.0 Å². The van der Waals surface area contributed by atoms with E-state index >= 15 is 0 Å². The average Bonchev–Trinajstić information content (AvgIpc) is 2.93. The third kappa shape index (κ3) is 5.33. The second-order valence-corrected chi connectivity index (χ2v) is 7.90. The van der Waals surface area contributed by atoms with Crippen molar-refractivity contribution in [3.05, 3.63) is 127 Å². The third-order valence-electron chi connectivity index (χ3n) is 5.77. The minimum Gasteiger partial charge on any atom is -0.516 e.